The third kappa shape index (κ3) is 5.57. The number of rotatable bonds is 6. The lowest BCUT2D eigenvalue weighted by Gasteiger charge is -2.39. The number of amides is 1. The van der Waals surface area contributed by atoms with Gasteiger partial charge in [-0.1, -0.05) is 19.9 Å². The number of hydrogen-bond acceptors (Lipinski definition) is 5. The Labute approximate surface area is 205 Å². The van der Waals surface area contributed by atoms with Gasteiger partial charge < -0.3 is 19.7 Å². The third-order valence-corrected chi connectivity index (χ3v) is 8.05. The highest BCUT2D eigenvalue weighted by Crippen LogP contribution is 2.46. The van der Waals surface area contributed by atoms with E-state index in [4.69, 9.17) is 9.47 Å². The summed E-state index contributed by atoms with van der Waals surface area (Å²) >= 11 is 0. The Balaban J connectivity index is 1.43. The summed E-state index contributed by atoms with van der Waals surface area (Å²) in [5.74, 6) is 0.338. The summed E-state index contributed by atoms with van der Waals surface area (Å²) in [6, 6.07) is 2.54. The Bertz CT molecular complexity index is 936. The lowest BCUT2D eigenvalue weighted by Crippen LogP contribution is -2.52. The van der Waals surface area contributed by atoms with Crippen molar-refractivity contribution in [3.8, 4) is 0 Å². The molecule has 2 unspecified atom stereocenters. The first-order valence-electron chi connectivity index (χ1n) is 12.5. The molecule has 1 saturated carbocycles. The molecule has 35 heavy (non-hydrogen) atoms. The second-order valence-electron chi connectivity index (χ2n) is 10.3. The maximum absolute atomic E-state index is 13.8. The van der Waals surface area contributed by atoms with Gasteiger partial charge in [-0.15, -0.1) is 0 Å². The molecule has 1 amide bonds. The zero-order valence-electron chi connectivity index (χ0n) is 20.7. The minimum absolute atomic E-state index is 0.0172. The Morgan fingerprint density at radius 1 is 1.34 bits per heavy atom. The van der Waals surface area contributed by atoms with E-state index in [1.54, 1.807) is 7.11 Å². The number of nitrogens with one attached hydrogen (secondary N) is 1. The van der Waals surface area contributed by atoms with Crippen LogP contribution in [0.3, 0.4) is 0 Å². The van der Waals surface area contributed by atoms with E-state index in [-0.39, 0.29) is 30.0 Å². The van der Waals surface area contributed by atoms with Crippen molar-refractivity contribution >= 4 is 11.5 Å². The molecule has 1 N–H and O–H groups in total. The van der Waals surface area contributed by atoms with Gasteiger partial charge in [-0.25, -0.2) is 0 Å². The van der Waals surface area contributed by atoms with Crippen molar-refractivity contribution in [2.75, 3.05) is 33.4 Å². The number of carbonyl (C=O) groups is 1. The van der Waals surface area contributed by atoms with E-state index in [1.165, 1.54) is 6.20 Å². The molecule has 3 heterocycles. The molecule has 0 aromatic carbocycles. The van der Waals surface area contributed by atoms with Gasteiger partial charge in [-0.2, -0.15) is 13.2 Å². The van der Waals surface area contributed by atoms with Crippen molar-refractivity contribution in [1.82, 2.24) is 15.2 Å². The van der Waals surface area contributed by atoms with Crippen LogP contribution in [-0.2, 0) is 20.4 Å². The molecule has 2 aliphatic heterocycles. The fourth-order valence-corrected chi connectivity index (χ4v) is 5.80. The topological polar surface area (TPSA) is 63.7 Å². The molecular formula is C26H36F3N3O3. The molecule has 9 heteroatoms. The van der Waals surface area contributed by atoms with E-state index in [9.17, 15) is 18.0 Å². The van der Waals surface area contributed by atoms with Crippen LogP contribution < -0.4 is 5.32 Å². The Hall–Kier alpha value is -1.97. The van der Waals surface area contributed by atoms with Crippen LogP contribution in [0.15, 0.2) is 24.4 Å². The fourth-order valence-electron chi connectivity index (χ4n) is 5.80. The highest BCUT2D eigenvalue weighted by atomic mass is 19.4. The number of halogens is 3. The number of methoxy groups -OCH3 is 1. The second kappa shape index (κ2) is 10.6. The minimum atomic E-state index is -4.40. The second-order valence-corrected chi connectivity index (χ2v) is 10.3. The number of ether oxygens (including phenoxy) is 2. The molecule has 4 atom stereocenters. The average molecular weight is 496 g/mol. The standard InChI is InChI=1S/C26H36F3N3O3/c1-17(2)25(9-4-20(15-25)31-21-8-13-35-16-23(21)34-3)24(33)32-11-6-18(7-12-32)22-14-19(5-10-30-22)26(27,28)29/h5-6,10,14,17,20-21,23,31H,4,7-9,11-13,15-16H2,1-3H3/t20-,21?,23?,25+/m1/s1. The smallest absolute Gasteiger partial charge is 0.379 e. The maximum atomic E-state index is 13.8. The fraction of sp³-hybridized carbons (Fsp3) is 0.692. The molecule has 1 aromatic heterocycles. The van der Waals surface area contributed by atoms with E-state index >= 15 is 0 Å². The molecule has 4 rings (SSSR count). The van der Waals surface area contributed by atoms with E-state index in [2.05, 4.69) is 24.1 Å². The molecule has 0 bridgehead atoms. The van der Waals surface area contributed by atoms with Gasteiger partial charge in [-0.3, -0.25) is 9.78 Å². The predicted octanol–water partition coefficient (Wildman–Crippen LogP) is 4.30. The number of alkyl halides is 3. The van der Waals surface area contributed by atoms with Gasteiger partial charge in [0, 0.05) is 45.1 Å². The number of aromatic nitrogens is 1. The molecule has 3 aliphatic rings. The monoisotopic (exact) mass is 495 g/mol. The summed E-state index contributed by atoms with van der Waals surface area (Å²) in [7, 11) is 1.71. The third-order valence-electron chi connectivity index (χ3n) is 8.05. The van der Waals surface area contributed by atoms with Crippen LogP contribution in [0.25, 0.3) is 5.57 Å². The van der Waals surface area contributed by atoms with E-state index in [1.807, 2.05) is 11.0 Å². The first-order chi connectivity index (χ1) is 16.6. The maximum Gasteiger partial charge on any atom is 0.416 e. The predicted molar refractivity (Wildman–Crippen MR) is 126 cm³/mol. The zero-order valence-corrected chi connectivity index (χ0v) is 20.7. The molecule has 6 nitrogen and oxygen atoms in total. The zero-order chi connectivity index (χ0) is 25.2. The molecule has 0 spiro atoms. The Morgan fingerprint density at radius 3 is 2.80 bits per heavy atom. The number of nitrogens with zero attached hydrogens (tertiary/aromatic N) is 2. The van der Waals surface area contributed by atoms with Gasteiger partial charge in [-0.05, 0) is 55.7 Å². The summed E-state index contributed by atoms with van der Waals surface area (Å²) in [5.41, 5.74) is -0.0504. The number of pyridine rings is 1. The largest absolute Gasteiger partial charge is 0.416 e. The number of hydrogen-bond donors (Lipinski definition) is 1. The molecule has 2 fully saturated rings. The molecular weight excluding hydrogens is 459 g/mol. The van der Waals surface area contributed by atoms with Gasteiger partial charge in [0.1, 0.15) is 0 Å². The normalized spacial score (nSPS) is 30.0. The summed E-state index contributed by atoms with van der Waals surface area (Å²) in [6.45, 7) is 6.40. The van der Waals surface area contributed by atoms with Crippen molar-refractivity contribution in [3.05, 3.63) is 35.7 Å². The van der Waals surface area contributed by atoms with Gasteiger partial charge in [0.25, 0.3) is 0 Å². The van der Waals surface area contributed by atoms with Crippen molar-refractivity contribution in [2.24, 2.45) is 11.3 Å². The van der Waals surface area contributed by atoms with Gasteiger partial charge in [0.2, 0.25) is 5.91 Å². The highest BCUT2D eigenvalue weighted by molar-refractivity contribution is 5.84. The van der Waals surface area contributed by atoms with E-state index < -0.39 is 17.2 Å². The van der Waals surface area contributed by atoms with Crippen molar-refractivity contribution in [1.29, 1.82) is 0 Å². The van der Waals surface area contributed by atoms with Gasteiger partial charge in [0.15, 0.2) is 0 Å². The minimum Gasteiger partial charge on any atom is -0.379 e. The Kier molecular flexibility index (Phi) is 7.88. The first kappa shape index (κ1) is 26.1. The van der Waals surface area contributed by atoms with Crippen molar-refractivity contribution < 1.29 is 27.4 Å². The van der Waals surface area contributed by atoms with Crippen LogP contribution in [-0.4, -0.2) is 67.4 Å². The first-order valence-corrected chi connectivity index (χ1v) is 12.5. The summed E-state index contributed by atoms with van der Waals surface area (Å²) in [5, 5.41) is 3.74. The van der Waals surface area contributed by atoms with Crippen LogP contribution in [0.5, 0.6) is 0 Å². The van der Waals surface area contributed by atoms with Crippen LogP contribution in [0.4, 0.5) is 13.2 Å². The van der Waals surface area contributed by atoms with Crippen LogP contribution >= 0.6 is 0 Å². The molecule has 1 saturated heterocycles. The SMILES string of the molecule is COC1COCCC1N[C@@H]1CC[C@@](C(=O)N2CC=C(c3cc(C(F)(F)F)ccn3)CC2)(C(C)C)C1. The molecule has 1 aromatic rings. The molecule has 194 valence electrons. The lowest BCUT2D eigenvalue weighted by molar-refractivity contribution is -0.144. The van der Waals surface area contributed by atoms with Crippen LogP contribution in [0.1, 0.15) is 57.2 Å². The van der Waals surface area contributed by atoms with Gasteiger partial charge in [0.05, 0.1) is 29.4 Å². The molecule has 1 aliphatic carbocycles. The van der Waals surface area contributed by atoms with Crippen LogP contribution in [0, 0.1) is 11.3 Å². The molecule has 0 radical (unpaired) electrons. The van der Waals surface area contributed by atoms with E-state index in [0.717, 1.165) is 43.4 Å². The van der Waals surface area contributed by atoms with Crippen molar-refractivity contribution in [3.63, 3.8) is 0 Å². The van der Waals surface area contributed by atoms with Crippen molar-refractivity contribution in [2.45, 2.75) is 70.3 Å². The van der Waals surface area contributed by atoms with E-state index in [0.29, 0.717) is 38.4 Å². The van der Waals surface area contributed by atoms with Crippen LogP contribution in [0.2, 0.25) is 0 Å². The Morgan fingerprint density at radius 2 is 2.14 bits per heavy atom. The van der Waals surface area contributed by atoms with Gasteiger partial charge >= 0.3 is 6.18 Å². The lowest BCUT2D eigenvalue weighted by atomic mass is 9.74. The quantitative estimate of drug-likeness (QED) is 0.638. The number of carbonyl (C=O) groups excluding carboxylic acids is 1. The summed E-state index contributed by atoms with van der Waals surface area (Å²) in [6.07, 6.45) is 2.58. The average Bonchev–Trinajstić information content (AvgIpc) is 3.29. The highest BCUT2D eigenvalue weighted by Gasteiger charge is 2.50. The summed E-state index contributed by atoms with van der Waals surface area (Å²) in [4.78, 5) is 19.8. The summed E-state index contributed by atoms with van der Waals surface area (Å²) < 4.78 is 50.4.